The summed E-state index contributed by atoms with van der Waals surface area (Å²) in [5.41, 5.74) is 3.23. The number of amides is 1. The minimum atomic E-state index is -0.578. The number of fused-ring (bicyclic) bond motifs is 2. The third-order valence-electron chi connectivity index (χ3n) is 5.09. The van der Waals surface area contributed by atoms with Crippen LogP contribution in [-0.2, 0) is 9.53 Å². The number of nitrogens with zero attached hydrogens (tertiary/aromatic N) is 5. The van der Waals surface area contributed by atoms with Gasteiger partial charge in [0.2, 0.25) is 6.29 Å². The fourth-order valence-electron chi connectivity index (χ4n) is 3.61. The summed E-state index contributed by atoms with van der Waals surface area (Å²) in [7, 11) is 3.52. The normalized spacial score (nSPS) is 18.3. The summed E-state index contributed by atoms with van der Waals surface area (Å²) in [6.07, 6.45) is -0.547. The molecule has 2 heterocycles. The summed E-state index contributed by atoms with van der Waals surface area (Å²) >= 11 is 0. The molecule has 0 radical (unpaired) electrons. The molecule has 1 unspecified atom stereocenters. The second-order valence-corrected chi connectivity index (χ2v) is 6.97. The summed E-state index contributed by atoms with van der Waals surface area (Å²) in [4.78, 5) is 27.8. The van der Waals surface area contributed by atoms with Crippen molar-refractivity contribution >= 4 is 29.1 Å². The van der Waals surface area contributed by atoms with Crippen LogP contribution >= 0.6 is 0 Å². The zero-order chi connectivity index (χ0) is 20.7. The first-order chi connectivity index (χ1) is 13.9. The molecule has 4 rings (SSSR count). The van der Waals surface area contributed by atoms with E-state index in [0.29, 0.717) is 5.56 Å². The van der Waals surface area contributed by atoms with Crippen molar-refractivity contribution in [3.05, 3.63) is 59.7 Å². The van der Waals surface area contributed by atoms with Gasteiger partial charge in [0, 0.05) is 14.1 Å². The van der Waals surface area contributed by atoms with Crippen molar-refractivity contribution < 1.29 is 14.3 Å². The van der Waals surface area contributed by atoms with Crippen LogP contribution in [-0.4, -0.2) is 54.7 Å². The van der Waals surface area contributed by atoms with Crippen LogP contribution in [0.25, 0.3) is 0 Å². The molecule has 2 aliphatic rings. The van der Waals surface area contributed by atoms with Gasteiger partial charge >= 0.3 is 5.97 Å². The molecule has 0 saturated carbocycles. The third-order valence-corrected chi connectivity index (χ3v) is 5.09. The maximum absolute atomic E-state index is 13.2. The van der Waals surface area contributed by atoms with Crippen molar-refractivity contribution in [3.8, 4) is 0 Å². The van der Waals surface area contributed by atoms with Crippen LogP contribution in [0, 0.1) is 6.92 Å². The largest absolute Gasteiger partial charge is 0.460 e. The van der Waals surface area contributed by atoms with E-state index in [2.05, 4.69) is 5.10 Å². The van der Waals surface area contributed by atoms with Crippen LogP contribution in [0.4, 0.5) is 11.4 Å². The summed E-state index contributed by atoms with van der Waals surface area (Å²) in [6.45, 7) is 3.96. The zero-order valence-corrected chi connectivity index (χ0v) is 16.9. The van der Waals surface area contributed by atoms with Gasteiger partial charge in [-0.15, -0.1) is 5.10 Å². The first-order valence-corrected chi connectivity index (χ1v) is 9.44. The van der Waals surface area contributed by atoms with E-state index in [0.717, 1.165) is 16.9 Å². The van der Waals surface area contributed by atoms with Gasteiger partial charge in [0.25, 0.3) is 11.7 Å². The minimum absolute atomic E-state index is 0.0629. The number of carbonyl (C=O) groups excluding carboxylic acids is 2. The summed E-state index contributed by atoms with van der Waals surface area (Å²) in [5, 5.41) is 9.31. The lowest BCUT2D eigenvalue weighted by Crippen LogP contribution is -2.59. The Morgan fingerprint density at radius 2 is 1.79 bits per heavy atom. The molecule has 0 saturated heterocycles. The van der Waals surface area contributed by atoms with E-state index in [9.17, 15) is 9.59 Å². The summed E-state index contributed by atoms with van der Waals surface area (Å²) in [6, 6.07) is 15.2. The molecule has 29 heavy (non-hydrogen) atoms. The van der Waals surface area contributed by atoms with Crippen LogP contribution < -0.4 is 9.91 Å². The van der Waals surface area contributed by atoms with E-state index in [4.69, 9.17) is 4.74 Å². The van der Waals surface area contributed by atoms with Crippen molar-refractivity contribution in [1.82, 2.24) is 10.0 Å². The number of rotatable bonds is 3. The predicted molar refractivity (Wildman–Crippen MR) is 110 cm³/mol. The second-order valence-electron chi connectivity index (χ2n) is 6.97. The molecule has 150 valence electrons. The minimum Gasteiger partial charge on any atom is -0.460 e. The molecule has 8 nitrogen and oxygen atoms in total. The van der Waals surface area contributed by atoms with Crippen molar-refractivity contribution in [2.24, 2.45) is 5.10 Å². The molecule has 0 fully saturated rings. The molecule has 0 aromatic heterocycles. The van der Waals surface area contributed by atoms with E-state index in [1.54, 1.807) is 30.1 Å². The third kappa shape index (κ3) is 2.97. The van der Waals surface area contributed by atoms with E-state index < -0.39 is 12.3 Å². The number of hydrogen-bond donors (Lipinski definition) is 0. The highest BCUT2D eigenvalue weighted by Gasteiger charge is 2.48. The Morgan fingerprint density at radius 3 is 2.48 bits per heavy atom. The summed E-state index contributed by atoms with van der Waals surface area (Å²) < 4.78 is 5.22. The first-order valence-electron chi connectivity index (χ1n) is 9.44. The zero-order valence-electron chi connectivity index (χ0n) is 16.9. The molecule has 2 aliphatic heterocycles. The number of ether oxygens (including phenoxy) is 1. The fraction of sp³-hybridized carbons (Fsp3) is 0.286. The number of anilines is 2. The van der Waals surface area contributed by atoms with Crippen molar-refractivity contribution in [2.45, 2.75) is 20.1 Å². The molecule has 2 aromatic carbocycles. The first kappa shape index (κ1) is 18.8. The van der Waals surface area contributed by atoms with Crippen LogP contribution in [0.3, 0.4) is 0 Å². The van der Waals surface area contributed by atoms with Crippen molar-refractivity contribution in [3.63, 3.8) is 0 Å². The van der Waals surface area contributed by atoms with Gasteiger partial charge in [-0.1, -0.05) is 29.8 Å². The van der Waals surface area contributed by atoms with Gasteiger partial charge in [-0.2, -0.15) is 0 Å². The van der Waals surface area contributed by atoms with Gasteiger partial charge in [-0.25, -0.2) is 19.8 Å². The van der Waals surface area contributed by atoms with Crippen LogP contribution in [0.15, 0.2) is 53.6 Å². The van der Waals surface area contributed by atoms with E-state index in [1.165, 1.54) is 5.01 Å². The predicted octanol–water partition coefficient (Wildman–Crippen LogP) is 2.41. The van der Waals surface area contributed by atoms with E-state index >= 15 is 0 Å². The maximum atomic E-state index is 13.2. The maximum Gasteiger partial charge on any atom is 0.377 e. The number of hydrogen-bond acceptors (Lipinski definition) is 7. The van der Waals surface area contributed by atoms with Crippen LogP contribution in [0.1, 0.15) is 22.8 Å². The molecule has 2 aromatic rings. The number of para-hydroxylation sites is 1. The van der Waals surface area contributed by atoms with Gasteiger partial charge < -0.3 is 9.64 Å². The fourth-order valence-corrected chi connectivity index (χ4v) is 3.61. The Hall–Kier alpha value is -3.55. The Kier molecular flexibility index (Phi) is 4.62. The van der Waals surface area contributed by atoms with Gasteiger partial charge in [0.1, 0.15) is 0 Å². The Balaban J connectivity index is 1.88. The highest BCUT2D eigenvalue weighted by atomic mass is 16.5. The number of hydrazone groups is 1. The Morgan fingerprint density at radius 1 is 1.10 bits per heavy atom. The Bertz CT molecular complexity index is 988. The molecule has 0 bridgehead atoms. The summed E-state index contributed by atoms with van der Waals surface area (Å²) in [5.74, 6) is -0.739. The number of esters is 1. The molecular weight excluding hydrogens is 370 g/mol. The number of amidine groups is 1. The van der Waals surface area contributed by atoms with E-state index in [1.807, 2.05) is 61.3 Å². The number of carbonyl (C=O) groups is 2. The lowest BCUT2D eigenvalue weighted by atomic mass is 10.1. The quantitative estimate of drug-likeness (QED) is 0.746. The number of benzene rings is 2. The second kappa shape index (κ2) is 7.12. The highest BCUT2D eigenvalue weighted by Crippen LogP contribution is 2.35. The van der Waals surface area contributed by atoms with Gasteiger partial charge in [-0.3, -0.25) is 4.79 Å². The molecule has 1 atom stereocenters. The lowest BCUT2D eigenvalue weighted by molar-refractivity contribution is -0.136. The monoisotopic (exact) mass is 393 g/mol. The van der Waals surface area contributed by atoms with Gasteiger partial charge in [-0.05, 0) is 38.1 Å². The lowest BCUT2D eigenvalue weighted by Gasteiger charge is -2.39. The van der Waals surface area contributed by atoms with Gasteiger partial charge in [0.05, 0.1) is 23.5 Å². The highest BCUT2D eigenvalue weighted by molar-refractivity contribution is 6.36. The molecular formula is C21H23N5O3. The standard InChI is InChI=1S/C21H23N5O3/c1-5-29-20(28)18-22-25(15-12-10-14(2)11-13-15)21-23(3)17-9-7-6-8-16(17)19(27)24(4)26(18)21/h6-13,21H,5H2,1-4H3. The smallest absolute Gasteiger partial charge is 0.377 e. The molecule has 1 amide bonds. The van der Waals surface area contributed by atoms with E-state index in [-0.39, 0.29) is 18.3 Å². The Labute approximate surface area is 169 Å². The molecule has 0 spiro atoms. The molecule has 0 aliphatic carbocycles. The van der Waals surface area contributed by atoms with Crippen LogP contribution in [0.5, 0.6) is 0 Å². The average molecular weight is 393 g/mol. The number of aryl methyl sites for hydroxylation is 1. The molecule has 0 N–H and O–H groups in total. The molecule has 8 heteroatoms. The van der Waals surface area contributed by atoms with Crippen molar-refractivity contribution in [2.75, 3.05) is 30.6 Å². The number of hydrazine groups is 1. The average Bonchev–Trinajstić information content (AvgIpc) is 3.10. The van der Waals surface area contributed by atoms with Crippen molar-refractivity contribution in [1.29, 1.82) is 0 Å². The SMILES string of the molecule is CCOC(=O)C1=NN(c2ccc(C)cc2)C2N(C)c3ccccc3C(=O)N(C)N12. The topological polar surface area (TPSA) is 68.7 Å². The van der Waals surface area contributed by atoms with Gasteiger partial charge in [0.15, 0.2) is 0 Å². The van der Waals surface area contributed by atoms with Crippen LogP contribution in [0.2, 0.25) is 0 Å².